The number of benzene rings is 1. The van der Waals surface area contributed by atoms with Gasteiger partial charge in [-0.15, -0.1) is 4.40 Å². The Morgan fingerprint density at radius 3 is 2.50 bits per heavy atom. The zero-order valence-corrected chi connectivity index (χ0v) is 16.1. The summed E-state index contributed by atoms with van der Waals surface area (Å²) in [5, 5.41) is 0. The van der Waals surface area contributed by atoms with E-state index in [-0.39, 0.29) is 16.9 Å². The minimum atomic E-state index is -3.65. The van der Waals surface area contributed by atoms with Gasteiger partial charge in [-0.05, 0) is 52.2 Å². The highest BCUT2D eigenvalue weighted by atomic mass is 32.2. The van der Waals surface area contributed by atoms with Gasteiger partial charge in [0.25, 0.3) is 10.0 Å². The molecule has 1 aliphatic rings. The molecule has 0 bridgehead atoms. The van der Waals surface area contributed by atoms with Crippen LogP contribution in [0.5, 0.6) is 0 Å². The van der Waals surface area contributed by atoms with Crippen LogP contribution in [-0.2, 0) is 10.0 Å². The first-order chi connectivity index (χ1) is 11.3. The first-order valence-electron chi connectivity index (χ1n) is 9.03. The van der Waals surface area contributed by atoms with E-state index in [1.165, 1.54) is 0 Å². The van der Waals surface area contributed by atoms with Gasteiger partial charge in [0.05, 0.1) is 4.90 Å². The van der Waals surface area contributed by atoms with E-state index in [4.69, 9.17) is 0 Å². The number of aryl methyl sites for hydroxylation is 1. The molecule has 4 nitrogen and oxygen atoms in total. The maximum absolute atomic E-state index is 12.8. The Morgan fingerprint density at radius 2 is 1.92 bits per heavy atom. The molecule has 1 heterocycles. The van der Waals surface area contributed by atoms with E-state index in [2.05, 4.69) is 30.1 Å². The quantitative estimate of drug-likeness (QED) is 0.764. The molecule has 1 atom stereocenters. The molecule has 0 radical (unpaired) electrons. The Bertz CT molecular complexity index is 663. The summed E-state index contributed by atoms with van der Waals surface area (Å²) in [7, 11) is -3.65. The summed E-state index contributed by atoms with van der Waals surface area (Å²) < 4.78 is 29.9. The van der Waals surface area contributed by atoms with Crippen molar-refractivity contribution in [1.29, 1.82) is 0 Å². The van der Waals surface area contributed by atoms with Crippen LogP contribution in [0.3, 0.4) is 0 Å². The van der Waals surface area contributed by atoms with E-state index >= 15 is 0 Å². The normalized spacial score (nSPS) is 20.8. The monoisotopic (exact) mass is 350 g/mol. The van der Waals surface area contributed by atoms with Gasteiger partial charge in [-0.2, -0.15) is 8.42 Å². The van der Waals surface area contributed by atoms with Gasteiger partial charge in [0, 0.05) is 18.5 Å². The van der Waals surface area contributed by atoms with Crippen LogP contribution in [-0.4, -0.2) is 31.7 Å². The molecule has 0 N–H and O–H groups in total. The topological polar surface area (TPSA) is 49.7 Å². The van der Waals surface area contributed by atoms with Gasteiger partial charge in [0.15, 0.2) is 0 Å². The molecule has 1 saturated heterocycles. The lowest BCUT2D eigenvalue weighted by molar-refractivity contribution is 0.277. The van der Waals surface area contributed by atoms with Gasteiger partial charge in [0.1, 0.15) is 5.84 Å². The smallest absolute Gasteiger partial charge is 0.283 e. The van der Waals surface area contributed by atoms with E-state index in [0.29, 0.717) is 0 Å². The van der Waals surface area contributed by atoms with Crippen molar-refractivity contribution in [2.24, 2.45) is 10.3 Å². The van der Waals surface area contributed by atoms with Crippen LogP contribution in [0, 0.1) is 12.8 Å². The number of hydrogen-bond donors (Lipinski definition) is 0. The number of likely N-dealkylation sites (tertiary alicyclic amines) is 1. The lowest BCUT2D eigenvalue weighted by atomic mass is 9.91. The van der Waals surface area contributed by atoms with Crippen molar-refractivity contribution in [1.82, 2.24) is 4.90 Å². The van der Waals surface area contributed by atoms with Gasteiger partial charge in [-0.3, -0.25) is 0 Å². The lowest BCUT2D eigenvalue weighted by Crippen LogP contribution is -2.45. The predicted octanol–water partition coefficient (Wildman–Crippen LogP) is 4.39. The highest BCUT2D eigenvalue weighted by Gasteiger charge is 2.30. The molecule has 0 saturated carbocycles. The summed E-state index contributed by atoms with van der Waals surface area (Å²) in [6.45, 7) is 9.22. The third-order valence-electron chi connectivity index (χ3n) is 4.67. The minimum absolute atomic E-state index is 0.251. The van der Waals surface area contributed by atoms with Crippen LogP contribution < -0.4 is 0 Å². The van der Waals surface area contributed by atoms with Gasteiger partial charge in [0.2, 0.25) is 0 Å². The Kier molecular flexibility index (Phi) is 6.44. The van der Waals surface area contributed by atoms with E-state index < -0.39 is 10.0 Å². The van der Waals surface area contributed by atoms with Crippen molar-refractivity contribution in [3.63, 3.8) is 0 Å². The summed E-state index contributed by atoms with van der Waals surface area (Å²) in [5.41, 5.74) is 1.05. The van der Waals surface area contributed by atoms with E-state index in [1.54, 1.807) is 12.1 Å². The van der Waals surface area contributed by atoms with Crippen molar-refractivity contribution in [2.45, 2.75) is 70.7 Å². The van der Waals surface area contributed by atoms with Crippen molar-refractivity contribution in [2.75, 3.05) is 6.54 Å². The van der Waals surface area contributed by atoms with Crippen LogP contribution >= 0.6 is 0 Å². The lowest BCUT2D eigenvalue weighted by Gasteiger charge is -2.38. The molecule has 0 amide bonds. The van der Waals surface area contributed by atoms with Crippen LogP contribution in [0.15, 0.2) is 33.6 Å². The molecule has 1 aromatic carbocycles. The SMILES string of the molecule is CCCCC1CCCN(C(C)C)C1=NS(=O)(=O)c1ccc(C)cc1. The molecule has 0 aliphatic carbocycles. The van der Waals surface area contributed by atoms with E-state index in [0.717, 1.165) is 50.0 Å². The van der Waals surface area contributed by atoms with Crippen molar-refractivity contribution < 1.29 is 8.42 Å². The number of sulfonamides is 1. The molecule has 1 unspecified atom stereocenters. The largest absolute Gasteiger partial charge is 0.357 e. The second-order valence-corrected chi connectivity index (χ2v) is 8.61. The van der Waals surface area contributed by atoms with Crippen LogP contribution in [0.25, 0.3) is 0 Å². The average molecular weight is 351 g/mol. The number of nitrogens with zero attached hydrogens (tertiary/aromatic N) is 2. The average Bonchev–Trinajstić information content (AvgIpc) is 2.53. The summed E-state index contributed by atoms with van der Waals surface area (Å²) in [6.07, 6.45) is 5.39. The zero-order valence-electron chi connectivity index (χ0n) is 15.3. The molecule has 2 rings (SSSR count). The Morgan fingerprint density at radius 1 is 1.25 bits per heavy atom. The van der Waals surface area contributed by atoms with Crippen LogP contribution in [0.2, 0.25) is 0 Å². The fraction of sp³-hybridized carbons (Fsp3) is 0.632. The fourth-order valence-corrected chi connectivity index (χ4v) is 4.33. The Hall–Kier alpha value is -1.36. The molecular formula is C19H30N2O2S. The predicted molar refractivity (Wildman–Crippen MR) is 99.9 cm³/mol. The summed E-state index contributed by atoms with van der Waals surface area (Å²) in [4.78, 5) is 2.46. The molecule has 24 heavy (non-hydrogen) atoms. The molecule has 0 aromatic heterocycles. The number of piperidine rings is 1. The Labute approximate surface area is 147 Å². The number of amidine groups is 1. The molecule has 134 valence electrons. The standard InChI is InChI=1S/C19H30N2O2S/c1-5-6-8-17-9-7-14-21(15(2)3)19(17)20-24(22,23)18-12-10-16(4)11-13-18/h10-13,15,17H,5-9,14H2,1-4H3. The Balaban J connectivity index is 2.39. The van der Waals surface area contributed by atoms with Crippen molar-refractivity contribution >= 4 is 15.9 Å². The third kappa shape index (κ3) is 4.59. The van der Waals surface area contributed by atoms with Crippen molar-refractivity contribution in [3.05, 3.63) is 29.8 Å². The molecule has 1 aromatic rings. The molecule has 1 aliphatic heterocycles. The second kappa shape index (κ2) is 8.15. The van der Waals surface area contributed by atoms with Gasteiger partial charge in [-0.25, -0.2) is 0 Å². The fourth-order valence-electron chi connectivity index (χ4n) is 3.25. The third-order valence-corrected chi connectivity index (χ3v) is 5.97. The maximum atomic E-state index is 12.8. The van der Waals surface area contributed by atoms with E-state index in [1.807, 2.05) is 19.1 Å². The van der Waals surface area contributed by atoms with Crippen LogP contribution in [0.1, 0.15) is 58.4 Å². The molecular weight excluding hydrogens is 320 g/mol. The van der Waals surface area contributed by atoms with Crippen molar-refractivity contribution in [3.8, 4) is 0 Å². The number of rotatable bonds is 6. The minimum Gasteiger partial charge on any atom is -0.357 e. The highest BCUT2D eigenvalue weighted by Crippen LogP contribution is 2.27. The first-order valence-corrected chi connectivity index (χ1v) is 10.5. The summed E-state index contributed by atoms with van der Waals surface area (Å²) in [6, 6.07) is 7.21. The summed E-state index contributed by atoms with van der Waals surface area (Å²) >= 11 is 0. The van der Waals surface area contributed by atoms with Gasteiger partial charge < -0.3 is 4.90 Å². The molecule has 0 spiro atoms. The number of unbranched alkanes of at least 4 members (excludes halogenated alkanes) is 1. The molecule has 1 fully saturated rings. The highest BCUT2D eigenvalue weighted by molar-refractivity contribution is 7.90. The maximum Gasteiger partial charge on any atom is 0.283 e. The van der Waals surface area contributed by atoms with E-state index in [9.17, 15) is 8.42 Å². The second-order valence-electron chi connectivity index (χ2n) is 7.01. The number of hydrogen-bond acceptors (Lipinski definition) is 2. The molecule has 5 heteroatoms. The van der Waals surface area contributed by atoms with Gasteiger partial charge in [-0.1, -0.05) is 37.5 Å². The van der Waals surface area contributed by atoms with Gasteiger partial charge >= 0.3 is 0 Å². The van der Waals surface area contributed by atoms with Crippen LogP contribution in [0.4, 0.5) is 0 Å². The summed E-state index contributed by atoms with van der Waals surface area (Å²) in [5.74, 6) is 1.02. The zero-order chi connectivity index (χ0) is 17.7. The first kappa shape index (κ1) is 19.0.